The Hall–Kier alpha value is -2.92. The molecule has 0 radical (unpaired) electrons. The molecule has 0 spiro atoms. The molecule has 0 unspecified atom stereocenters. The molecule has 4 rings (SSSR count). The summed E-state index contributed by atoms with van der Waals surface area (Å²) in [6, 6.07) is 20.8. The molecule has 0 saturated carbocycles. The van der Waals surface area contributed by atoms with Crippen molar-refractivity contribution >= 4 is 39.1 Å². The molecule has 0 aromatic heterocycles. The van der Waals surface area contributed by atoms with Gasteiger partial charge in [-0.2, -0.15) is 0 Å². The number of para-hydroxylation sites is 1. The second-order valence-electron chi connectivity index (χ2n) is 8.63. The molecule has 3 aromatic carbocycles. The van der Waals surface area contributed by atoms with Gasteiger partial charge < -0.3 is 4.90 Å². The lowest BCUT2D eigenvalue weighted by Crippen LogP contribution is -2.56. The second-order valence-corrected chi connectivity index (χ2v) is 9.54. The lowest BCUT2D eigenvalue weighted by Gasteiger charge is -2.41. The van der Waals surface area contributed by atoms with Crippen LogP contribution in [0.1, 0.15) is 48.1 Å². The van der Waals surface area contributed by atoms with Crippen LogP contribution in [0.5, 0.6) is 0 Å². The maximum Gasteiger partial charge on any atom is 0.255 e. The Balaban J connectivity index is 1.84. The SMILES string of the molecule is Cc1cccc(C)c1N1CC(=O)N(c2ccc(Br)cc2)[C@@H](c2ccc(C(C)C)cc2)C1=O. The van der Waals surface area contributed by atoms with E-state index in [-0.39, 0.29) is 18.4 Å². The zero-order chi connectivity index (χ0) is 23.0. The van der Waals surface area contributed by atoms with E-state index in [0.29, 0.717) is 11.6 Å². The largest absolute Gasteiger partial charge is 0.300 e. The lowest BCUT2D eigenvalue weighted by molar-refractivity contribution is -0.128. The van der Waals surface area contributed by atoms with Gasteiger partial charge in [0.25, 0.3) is 5.91 Å². The molecule has 1 saturated heterocycles. The van der Waals surface area contributed by atoms with Crippen molar-refractivity contribution in [1.82, 2.24) is 0 Å². The number of carbonyl (C=O) groups is 2. The predicted octanol–water partition coefficient (Wildman–Crippen LogP) is 6.31. The van der Waals surface area contributed by atoms with Gasteiger partial charge in [0.1, 0.15) is 12.6 Å². The number of rotatable bonds is 4. The average molecular weight is 491 g/mol. The molecule has 0 N–H and O–H groups in total. The monoisotopic (exact) mass is 490 g/mol. The smallest absolute Gasteiger partial charge is 0.255 e. The highest BCUT2D eigenvalue weighted by Gasteiger charge is 2.42. The first-order valence-electron chi connectivity index (χ1n) is 10.8. The molecule has 164 valence electrons. The Morgan fingerprint density at radius 1 is 0.875 bits per heavy atom. The molecule has 1 heterocycles. The van der Waals surface area contributed by atoms with Gasteiger partial charge in [0.2, 0.25) is 5.91 Å². The van der Waals surface area contributed by atoms with Gasteiger partial charge in [-0.3, -0.25) is 14.5 Å². The van der Waals surface area contributed by atoms with Crippen LogP contribution < -0.4 is 9.80 Å². The van der Waals surface area contributed by atoms with E-state index in [1.165, 1.54) is 5.56 Å². The van der Waals surface area contributed by atoms with Crippen molar-refractivity contribution in [2.24, 2.45) is 0 Å². The number of aryl methyl sites for hydroxylation is 2. The van der Waals surface area contributed by atoms with Crippen LogP contribution in [0.3, 0.4) is 0 Å². The van der Waals surface area contributed by atoms with E-state index in [1.807, 2.05) is 68.4 Å². The number of nitrogens with zero attached hydrogens (tertiary/aromatic N) is 2. The summed E-state index contributed by atoms with van der Waals surface area (Å²) in [5.41, 5.74) is 5.52. The quantitative estimate of drug-likeness (QED) is 0.429. The van der Waals surface area contributed by atoms with Gasteiger partial charge in [-0.05, 0) is 66.3 Å². The summed E-state index contributed by atoms with van der Waals surface area (Å²) in [6.45, 7) is 8.25. The summed E-state index contributed by atoms with van der Waals surface area (Å²) < 4.78 is 0.923. The van der Waals surface area contributed by atoms with Crippen LogP contribution in [-0.4, -0.2) is 18.4 Å². The van der Waals surface area contributed by atoms with Gasteiger partial charge in [0, 0.05) is 10.2 Å². The molecule has 0 bridgehead atoms. The van der Waals surface area contributed by atoms with Gasteiger partial charge >= 0.3 is 0 Å². The maximum atomic E-state index is 14.0. The number of benzene rings is 3. The number of hydrogen-bond acceptors (Lipinski definition) is 2. The molecule has 4 nitrogen and oxygen atoms in total. The summed E-state index contributed by atoms with van der Waals surface area (Å²) in [6.07, 6.45) is 0. The van der Waals surface area contributed by atoms with Gasteiger partial charge in [-0.25, -0.2) is 0 Å². The molecule has 1 aliphatic heterocycles. The molecule has 1 atom stereocenters. The van der Waals surface area contributed by atoms with E-state index < -0.39 is 6.04 Å². The van der Waals surface area contributed by atoms with Gasteiger partial charge in [0.15, 0.2) is 0 Å². The minimum atomic E-state index is -0.724. The first-order chi connectivity index (χ1) is 15.3. The molecule has 0 aliphatic carbocycles. The fourth-order valence-electron chi connectivity index (χ4n) is 4.36. The van der Waals surface area contributed by atoms with E-state index in [2.05, 4.69) is 41.9 Å². The Morgan fingerprint density at radius 3 is 2.03 bits per heavy atom. The van der Waals surface area contributed by atoms with Crippen molar-refractivity contribution in [3.63, 3.8) is 0 Å². The average Bonchev–Trinajstić information content (AvgIpc) is 2.76. The minimum Gasteiger partial charge on any atom is -0.300 e. The zero-order valence-electron chi connectivity index (χ0n) is 18.8. The molecular formula is C27H27BrN2O2. The van der Waals surface area contributed by atoms with E-state index in [0.717, 1.165) is 26.9 Å². The number of anilines is 2. The first-order valence-corrected chi connectivity index (χ1v) is 11.6. The van der Waals surface area contributed by atoms with Crippen LogP contribution in [-0.2, 0) is 9.59 Å². The normalized spacial score (nSPS) is 16.8. The third-order valence-electron chi connectivity index (χ3n) is 6.05. The van der Waals surface area contributed by atoms with Crippen molar-refractivity contribution in [3.05, 3.63) is 93.5 Å². The van der Waals surface area contributed by atoms with E-state index >= 15 is 0 Å². The highest BCUT2D eigenvalue weighted by Crippen LogP contribution is 2.37. The highest BCUT2D eigenvalue weighted by atomic mass is 79.9. The Kier molecular flexibility index (Phi) is 6.20. The second kappa shape index (κ2) is 8.91. The van der Waals surface area contributed by atoms with Crippen molar-refractivity contribution in [3.8, 4) is 0 Å². The predicted molar refractivity (Wildman–Crippen MR) is 133 cm³/mol. The van der Waals surface area contributed by atoms with Gasteiger partial charge in [0.05, 0.1) is 5.69 Å². The van der Waals surface area contributed by atoms with Crippen molar-refractivity contribution < 1.29 is 9.59 Å². The minimum absolute atomic E-state index is 0.0150. The fourth-order valence-corrected chi connectivity index (χ4v) is 4.63. The lowest BCUT2D eigenvalue weighted by atomic mass is 9.95. The van der Waals surface area contributed by atoms with Crippen molar-refractivity contribution in [2.45, 2.75) is 39.7 Å². The summed E-state index contributed by atoms with van der Waals surface area (Å²) in [4.78, 5) is 30.8. The number of hydrogen-bond donors (Lipinski definition) is 0. The summed E-state index contributed by atoms with van der Waals surface area (Å²) in [5.74, 6) is 0.191. The molecule has 2 amide bonds. The highest BCUT2D eigenvalue weighted by molar-refractivity contribution is 9.10. The maximum absolute atomic E-state index is 14.0. The molecular weight excluding hydrogens is 464 g/mol. The third kappa shape index (κ3) is 4.09. The van der Waals surface area contributed by atoms with Gasteiger partial charge in [-0.15, -0.1) is 0 Å². The third-order valence-corrected chi connectivity index (χ3v) is 6.58. The summed E-state index contributed by atoms with van der Waals surface area (Å²) >= 11 is 3.46. The van der Waals surface area contributed by atoms with Crippen molar-refractivity contribution in [1.29, 1.82) is 0 Å². The Morgan fingerprint density at radius 2 is 1.47 bits per heavy atom. The fraction of sp³-hybridized carbons (Fsp3) is 0.259. The molecule has 1 fully saturated rings. The number of carbonyl (C=O) groups excluding carboxylic acids is 2. The molecule has 32 heavy (non-hydrogen) atoms. The standard InChI is InChI=1S/C27H27BrN2O2/c1-17(2)20-8-10-21(11-9-20)26-27(32)29(25-18(3)6-5-7-19(25)4)16-24(31)30(26)23-14-12-22(28)13-15-23/h5-15,17,26H,16H2,1-4H3/t26-/m0/s1. The molecule has 5 heteroatoms. The molecule has 3 aromatic rings. The Bertz CT molecular complexity index is 1130. The van der Waals surface area contributed by atoms with E-state index in [9.17, 15) is 9.59 Å². The van der Waals surface area contributed by atoms with Crippen LogP contribution in [0.15, 0.2) is 71.2 Å². The summed E-state index contributed by atoms with van der Waals surface area (Å²) in [5, 5.41) is 0. The number of amides is 2. The summed E-state index contributed by atoms with van der Waals surface area (Å²) in [7, 11) is 0. The van der Waals surface area contributed by atoms with Crippen LogP contribution >= 0.6 is 15.9 Å². The van der Waals surface area contributed by atoms with Crippen LogP contribution in [0.25, 0.3) is 0 Å². The van der Waals surface area contributed by atoms with E-state index in [1.54, 1.807) is 9.80 Å². The van der Waals surface area contributed by atoms with E-state index in [4.69, 9.17) is 0 Å². The Labute approximate surface area is 198 Å². The van der Waals surface area contributed by atoms with Crippen LogP contribution in [0.2, 0.25) is 0 Å². The topological polar surface area (TPSA) is 40.6 Å². The number of halogens is 1. The van der Waals surface area contributed by atoms with Gasteiger partial charge in [-0.1, -0.05) is 72.2 Å². The van der Waals surface area contributed by atoms with Crippen LogP contribution in [0, 0.1) is 13.8 Å². The van der Waals surface area contributed by atoms with Crippen LogP contribution in [0.4, 0.5) is 11.4 Å². The molecule has 1 aliphatic rings. The first kappa shape index (κ1) is 22.3. The zero-order valence-corrected chi connectivity index (χ0v) is 20.4. The van der Waals surface area contributed by atoms with Crippen molar-refractivity contribution in [2.75, 3.05) is 16.3 Å². The number of piperazine rings is 1.